The summed E-state index contributed by atoms with van der Waals surface area (Å²) >= 11 is 0. The van der Waals surface area contributed by atoms with Crippen LogP contribution >= 0.6 is 0 Å². The maximum Gasteiger partial charge on any atom is 0.338 e. The second kappa shape index (κ2) is 7.73. The Kier molecular flexibility index (Phi) is 4.77. The van der Waals surface area contributed by atoms with Crippen molar-refractivity contribution in [2.24, 2.45) is 0 Å². The topological polar surface area (TPSA) is 68.3 Å². The first-order valence-corrected chi connectivity index (χ1v) is 10.0. The molecule has 0 amide bonds. The molecule has 7 heteroatoms. The zero-order chi connectivity index (χ0) is 20.5. The van der Waals surface area contributed by atoms with E-state index in [-0.39, 0.29) is 11.7 Å². The summed E-state index contributed by atoms with van der Waals surface area (Å²) in [5.41, 5.74) is 2.58. The minimum Gasteiger partial charge on any atom is -0.454 e. The number of hydrogen-bond acceptors (Lipinski definition) is 6. The summed E-state index contributed by atoms with van der Waals surface area (Å²) in [5.74, 6) is 1.63. The fourth-order valence-electron chi connectivity index (χ4n) is 4.09. The summed E-state index contributed by atoms with van der Waals surface area (Å²) in [6, 6.07) is 13.0. The molecule has 3 aromatic rings. The van der Waals surface area contributed by atoms with Gasteiger partial charge in [-0.3, -0.25) is 4.90 Å². The molecule has 7 nitrogen and oxygen atoms in total. The second-order valence-corrected chi connectivity index (χ2v) is 7.65. The first-order valence-electron chi connectivity index (χ1n) is 10.0. The zero-order valence-electron chi connectivity index (χ0n) is 16.4. The Bertz CT molecular complexity index is 1190. The Balaban J connectivity index is 1.25. The third kappa shape index (κ3) is 3.70. The molecule has 1 fully saturated rings. The molecule has 3 heterocycles. The van der Waals surface area contributed by atoms with Gasteiger partial charge in [-0.2, -0.15) is 0 Å². The van der Waals surface area contributed by atoms with E-state index in [1.807, 2.05) is 6.07 Å². The Morgan fingerprint density at radius 3 is 2.73 bits per heavy atom. The number of piperidine rings is 1. The minimum atomic E-state index is -0.388. The summed E-state index contributed by atoms with van der Waals surface area (Å²) < 4.78 is 16.1. The summed E-state index contributed by atoms with van der Waals surface area (Å²) in [5, 5.41) is 4.28. The number of hydrogen-bond donors (Lipinski definition) is 1. The Labute approximate surface area is 173 Å². The molecule has 0 saturated carbocycles. The van der Waals surface area contributed by atoms with E-state index in [0.29, 0.717) is 18.1 Å². The fraction of sp³-hybridized carbons (Fsp3) is 0.304. The SMILES string of the molecule is [C-]#[N+]c1ccc2oc(=O)cc(NC3CCN(Cc4ccc5c(c4)OCO5)CC3)c2c1. The number of ether oxygens (including phenoxy) is 2. The van der Waals surface area contributed by atoms with Crippen LogP contribution in [0.5, 0.6) is 11.5 Å². The first kappa shape index (κ1) is 18.5. The molecule has 1 N–H and O–H groups in total. The zero-order valence-corrected chi connectivity index (χ0v) is 16.4. The number of likely N-dealkylation sites (tertiary alicyclic amines) is 1. The van der Waals surface area contributed by atoms with Gasteiger partial charge in [-0.1, -0.05) is 12.1 Å². The minimum absolute atomic E-state index is 0.264. The van der Waals surface area contributed by atoms with Crippen LogP contribution in [0, 0.1) is 6.57 Å². The van der Waals surface area contributed by atoms with Gasteiger partial charge in [0.15, 0.2) is 17.2 Å². The van der Waals surface area contributed by atoms with Crippen LogP contribution in [0.15, 0.2) is 51.7 Å². The third-order valence-electron chi connectivity index (χ3n) is 5.65. The van der Waals surface area contributed by atoms with Gasteiger partial charge >= 0.3 is 5.63 Å². The molecule has 0 radical (unpaired) electrons. The van der Waals surface area contributed by atoms with Crippen molar-refractivity contribution >= 4 is 22.3 Å². The van der Waals surface area contributed by atoms with Gasteiger partial charge in [0.05, 0.1) is 12.3 Å². The summed E-state index contributed by atoms with van der Waals surface area (Å²) in [6.07, 6.45) is 1.93. The molecule has 0 spiro atoms. The number of nitrogens with one attached hydrogen (secondary N) is 1. The molecule has 30 heavy (non-hydrogen) atoms. The van der Waals surface area contributed by atoms with Gasteiger partial charge in [-0.25, -0.2) is 9.64 Å². The molecule has 2 aliphatic rings. The van der Waals surface area contributed by atoms with E-state index in [1.165, 1.54) is 11.6 Å². The Morgan fingerprint density at radius 2 is 1.90 bits per heavy atom. The Morgan fingerprint density at radius 1 is 1.07 bits per heavy atom. The number of fused-ring (bicyclic) bond motifs is 2. The van der Waals surface area contributed by atoms with Crippen LogP contribution in [0.4, 0.5) is 11.4 Å². The van der Waals surface area contributed by atoms with Crippen molar-refractivity contribution in [1.29, 1.82) is 0 Å². The average molecular weight is 403 g/mol. The highest BCUT2D eigenvalue weighted by Gasteiger charge is 2.21. The molecule has 5 rings (SSSR count). The largest absolute Gasteiger partial charge is 0.454 e. The summed E-state index contributed by atoms with van der Waals surface area (Å²) in [4.78, 5) is 17.8. The number of anilines is 1. The highest BCUT2D eigenvalue weighted by atomic mass is 16.7. The monoisotopic (exact) mass is 403 g/mol. The van der Waals surface area contributed by atoms with Crippen molar-refractivity contribution in [1.82, 2.24) is 4.90 Å². The Hall–Kier alpha value is -3.50. The third-order valence-corrected chi connectivity index (χ3v) is 5.65. The van der Waals surface area contributed by atoms with Crippen molar-refractivity contribution < 1.29 is 13.9 Å². The first-order chi connectivity index (χ1) is 14.7. The van der Waals surface area contributed by atoms with Gasteiger partial charge in [0.25, 0.3) is 0 Å². The average Bonchev–Trinajstić information content (AvgIpc) is 3.23. The van der Waals surface area contributed by atoms with E-state index in [1.54, 1.807) is 18.2 Å². The van der Waals surface area contributed by atoms with Gasteiger partial charge in [-0.15, -0.1) is 0 Å². The summed E-state index contributed by atoms with van der Waals surface area (Å²) in [7, 11) is 0. The van der Waals surface area contributed by atoms with Crippen LogP contribution in [-0.2, 0) is 6.54 Å². The van der Waals surface area contributed by atoms with E-state index < -0.39 is 0 Å². The van der Waals surface area contributed by atoms with Crippen LogP contribution in [0.1, 0.15) is 18.4 Å². The molecule has 1 aromatic heterocycles. The highest BCUT2D eigenvalue weighted by molar-refractivity contribution is 5.92. The molecule has 152 valence electrons. The maximum absolute atomic E-state index is 11.9. The van der Waals surface area contributed by atoms with Gasteiger partial charge in [0.2, 0.25) is 6.79 Å². The van der Waals surface area contributed by atoms with Gasteiger partial charge in [0.1, 0.15) is 5.58 Å². The van der Waals surface area contributed by atoms with Crippen LogP contribution in [0.2, 0.25) is 0 Å². The van der Waals surface area contributed by atoms with Gasteiger partial charge in [-0.05, 0) is 42.7 Å². The van der Waals surface area contributed by atoms with Crippen molar-refractivity contribution in [3.63, 3.8) is 0 Å². The molecular formula is C23H21N3O4. The second-order valence-electron chi connectivity index (χ2n) is 7.65. The van der Waals surface area contributed by atoms with E-state index in [2.05, 4.69) is 27.2 Å². The van der Waals surface area contributed by atoms with Crippen molar-refractivity contribution in [2.45, 2.75) is 25.4 Å². The lowest BCUT2D eigenvalue weighted by molar-refractivity contribution is 0.173. The quantitative estimate of drug-likeness (QED) is 0.521. The molecule has 0 atom stereocenters. The molecule has 0 bridgehead atoms. The van der Waals surface area contributed by atoms with Gasteiger partial charge < -0.3 is 19.2 Å². The normalized spacial score (nSPS) is 16.5. The smallest absolute Gasteiger partial charge is 0.338 e. The van der Waals surface area contributed by atoms with Crippen molar-refractivity contribution in [2.75, 3.05) is 25.2 Å². The lowest BCUT2D eigenvalue weighted by Gasteiger charge is -2.33. The standard InChI is InChI=1S/C23H21N3O4/c1-24-17-3-5-20-18(11-17)19(12-23(27)30-20)25-16-6-8-26(9-7-16)13-15-2-4-21-22(10-15)29-14-28-21/h2-5,10-12,16,25H,6-9,13-14H2. The molecule has 2 aromatic carbocycles. The van der Waals surface area contributed by atoms with Crippen LogP contribution in [-0.4, -0.2) is 30.8 Å². The molecule has 2 aliphatic heterocycles. The van der Waals surface area contributed by atoms with Gasteiger partial charge in [0, 0.05) is 37.1 Å². The number of rotatable bonds is 4. The molecule has 0 aliphatic carbocycles. The van der Waals surface area contributed by atoms with Crippen LogP contribution < -0.4 is 20.4 Å². The van der Waals surface area contributed by atoms with Crippen LogP contribution in [0.3, 0.4) is 0 Å². The fourth-order valence-corrected chi connectivity index (χ4v) is 4.09. The van der Waals surface area contributed by atoms with E-state index in [9.17, 15) is 4.79 Å². The van der Waals surface area contributed by atoms with Crippen LogP contribution in [0.25, 0.3) is 15.8 Å². The molecule has 0 unspecified atom stereocenters. The predicted octanol–water partition coefficient (Wildman–Crippen LogP) is 4.15. The number of benzene rings is 2. The molecular weight excluding hydrogens is 382 g/mol. The van der Waals surface area contributed by atoms with E-state index in [0.717, 1.165) is 55.0 Å². The molecule has 1 saturated heterocycles. The van der Waals surface area contributed by atoms with Crippen molar-refractivity contribution in [3.8, 4) is 11.5 Å². The van der Waals surface area contributed by atoms with Crippen molar-refractivity contribution in [3.05, 3.63) is 69.9 Å². The number of nitrogens with zero attached hydrogens (tertiary/aromatic N) is 2. The lowest BCUT2D eigenvalue weighted by Crippen LogP contribution is -2.38. The summed E-state index contributed by atoms with van der Waals surface area (Å²) in [6.45, 7) is 10.3. The highest BCUT2D eigenvalue weighted by Crippen LogP contribution is 2.33. The lowest BCUT2D eigenvalue weighted by atomic mass is 10.0. The predicted molar refractivity (Wildman–Crippen MR) is 113 cm³/mol. The van der Waals surface area contributed by atoms with E-state index >= 15 is 0 Å². The van der Waals surface area contributed by atoms with E-state index in [4.69, 9.17) is 20.5 Å². The maximum atomic E-state index is 11.9.